The highest BCUT2D eigenvalue weighted by atomic mass is 16.3. The predicted molar refractivity (Wildman–Crippen MR) is 90.9 cm³/mol. The van der Waals surface area contributed by atoms with Crippen LogP contribution in [-0.2, 0) is 20.1 Å². The third kappa shape index (κ3) is 2.65. The first-order valence-corrected chi connectivity index (χ1v) is 8.95. The second-order valence-electron chi connectivity index (χ2n) is 7.14. The Morgan fingerprint density at radius 2 is 2.12 bits per heavy atom. The first kappa shape index (κ1) is 17.0. The van der Waals surface area contributed by atoms with Gasteiger partial charge in [0.1, 0.15) is 24.0 Å². The zero-order valence-electron chi connectivity index (χ0n) is 14.9. The van der Waals surface area contributed by atoms with Gasteiger partial charge in [-0.15, -0.1) is 10.2 Å². The summed E-state index contributed by atoms with van der Waals surface area (Å²) in [6, 6.07) is 0.0328. The van der Waals surface area contributed by atoms with E-state index in [9.17, 15) is 14.7 Å². The van der Waals surface area contributed by atoms with Crippen LogP contribution in [0.2, 0.25) is 0 Å². The van der Waals surface area contributed by atoms with Crippen molar-refractivity contribution in [2.24, 2.45) is 7.05 Å². The number of furan rings is 1. The highest BCUT2D eigenvalue weighted by Gasteiger charge is 2.37. The number of aromatic nitrogens is 3. The summed E-state index contributed by atoms with van der Waals surface area (Å²) in [6.07, 6.45) is 3.47. The van der Waals surface area contributed by atoms with Crippen LogP contribution in [0.15, 0.2) is 4.42 Å². The van der Waals surface area contributed by atoms with Crippen LogP contribution in [0.5, 0.6) is 0 Å². The Morgan fingerprint density at radius 3 is 2.81 bits per heavy atom. The lowest BCUT2D eigenvalue weighted by atomic mass is 9.79. The number of ketones is 1. The molecule has 4 rings (SSSR count). The zero-order valence-corrected chi connectivity index (χ0v) is 14.9. The number of fused-ring (bicyclic) bond motifs is 1. The fourth-order valence-corrected chi connectivity index (χ4v) is 3.95. The van der Waals surface area contributed by atoms with E-state index in [0.29, 0.717) is 41.3 Å². The van der Waals surface area contributed by atoms with Crippen molar-refractivity contribution in [1.29, 1.82) is 0 Å². The molecule has 26 heavy (non-hydrogen) atoms. The van der Waals surface area contributed by atoms with Gasteiger partial charge in [0.15, 0.2) is 11.6 Å². The minimum atomic E-state index is -0.236. The Labute approximate surface area is 150 Å². The van der Waals surface area contributed by atoms with Crippen molar-refractivity contribution in [1.82, 2.24) is 20.1 Å². The molecule has 0 aliphatic heterocycles. The van der Waals surface area contributed by atoms with E-state index in [0.717, 1.165) is 25.1 Å². The minimum Gasteiger partial charge on any atom is -0.465 e. The van der Waals surface area contributed by atoms with E-state index < -0.39 is 0 Å². The number of aryl methyl sites for hydroxylation is 2. The van der Waals surface area contributed by atoms with Gasteiger partial charge in [0.25, 0.3) is 5.91 Å². The maximum absolute atomic E-state index is 12.7. The Bertz CT molecular complexity index is 876. The molecule has 1 fully saturated rings. The van der Waals surface area contributed by atoms with Crippen molar-refractivity contribution in [2.75, 3.05) is 0 Å². The molecular formula is C18H22N4O4. The summed E-state index contributed by atoms with van der Waals surface area (Å²) in [5.41, 5.74) is 0.873. The van der Waals surface area contributed by atoms with Crippen molar-refractivity contribution < 1.29 is 19.1 Å². The van der Waals surface area contributed by atoms with Crippen LogP contribution < -0.4 is 5.32 Å². The van der Waals surface area contributed by atoms with Gasteiger partial charge in [-0.05, 0) is 26.2 Å². The predicted octanol–water partition coefficient (Wildman–Crippen LogP) is 1.40. The van der Waals surface area contributed by atoms with Crippen LogP contribution in [0.3, 0.4) is 0 Å². The summed E-state index contributed by atoms with van der Waals surface area (Å²) < 4.78 is 7.46. The van der Waals surface area contributed by atoms with E-state index in [4.69, 9.17) is 4.42 Å². The fraction of sp³-hybridized carbons (Fsp3) is 0.556. The van der Waals surface area contributed by atoms with Gasteiger partial charge in [-0.1, -0.05) is 0 Å². The third-order valence-corrected chi connectivity index (χ3v) is 5.45. The largest absolute Gasteiger partial charge is 0.465 e. The standard InChI is InChI=1S/C18H22N4O4/c1-9-15(16-12(24)4-3-5-13(16)26-9)18(25)19-11-6-10(7-11)17-21-20-14(8-23)22(17)2/h10-11,23H,3-8H2,1-2H3,(H,19,25). The lowest BCUT2D eigenvalue weighted by molar-refractivity contribution is 0.0891. The SMILES string of the molecule is Cc1oc2c(c1C(=O)NC1CC(c3nnc(CO)n3C)C1)C(=O)CCC2. The van der Waals surface area contributed by atoms with E-state index in [1.54, 1.807) is 11.5 Å². The molecule has 2 aromatic rings. The van der Waals surface area contributed by atoms with Crippen LogP contribution >= 0.6 is 0 Å². The molecule has 2 aromatic heterocycles. The number of nitrogens with one attached hydrogen (secondary N) is 1. The molecule has 2 heterocycles. The molecule has 0 radical (unpaired) electrons. The molecule has 8 heteroatoms. The maximum Gasteiger partial charge on any atom is 0.255 e. The summed E-state index contributed by atoms with van der Waals surface area (Å²) in [7, 11) is 1.83. The smallest absolute Gasteiger partial charge is 0.255 e. The number of rotatable bonds is 4. The van der Waals surface area contributed by atoms with Gasteiger partial charge < -0.3 is 19.4 Å². The minimum absolute atomic E-state index is 0.00430. The summed E-state index contributed by atoms with van der Waals surface area (Å²) in [5, 5.41) is 20.3. The second-order valence-corrected chi connectivity index (χ2v) is 7.14. The van der Waals surface area contributed by atoms with E-state index in [2.05, 4.69) is 15.5 Å². The summed E-state index contributed by atoms with van der Waals surface area (Å²) in [6.45, 7) is 1.59. The molecule has 0 bridgehead atoms. The molecule has 8 nitrogen and oxygen atoms in total. The highest BCUT2D eigenvalue weighted by Crippen LogP contribution is 2.36. The third-order valence-electron chi connectivity index (χ3n) is 5.45. The summed E-state index contributed by atoms with van der Waals surface area (Å²) in [4.78, 5) is 24.9. The molecule has 0 aromatic carbocycles. The molecule has 2 aliphatic rings. The normalized spacial score (nSPS) is 22.0. The van der Waals surface area contributed by atoms with E-state index >= 15 is 0 Å². The number of hydrogen-bond donors (Lipinski definition) is 2. The van der Waals surface area contributed by atoms with E-state index in [1.807, 2.05) is 7.05 Å². The average Bonchev–Trinajstić information content (AvgIpc) is 3.10. The molecule has 0 atom stereocenters. The number of carbonyl (C=O) groups is 2. The molecule has 0 unspecified atom stereocenters. The van der Waals surface area contributed by atoms with Crippen LogP contribution in [0.4, 0.5) is 0 Å². The van der Waals surface area contributed by atoms with Crippen molar-refractivity contribution in [2.45, 2.75) is 57.6 Å². The topological polar surface area (TPSA) is 110 Å². The molecule has 1 saturated carbocycles. The van der Waals surface area contributed by atoms with Crippen molar-refractivity contribution >= 4 is 11.7 Å². The highest BCUT2D eigenvalue weighted by molar-refractivity contribution is 6.10. The number of amides is 1. The number of Topliss-reactive ketones (excluding diaryl/α,β-unsaturated/α-hetero) is 1. The van der Waals surface area contributed by atoms with Crippen LogP contribution in [0, 0.1) is 6.92 Å². The first-order valence-electron chi connectivity index (χ1n) is 8.95. The zero-order chi connectivity index (χ0) is 18.4. The molecule has 2 aliphatic carbocycles. The number of aliphatic hydroxyl groups is 1. The molecule has 1 amide bonds. The lowest BCUT2D eigenvalue weighted by Crippen LogP contribution is -2.44. The Kier molecular flexibility index (Phi) is 4.14. The molecule has 138 valence electrons. The van der Waals surface area contributed by atoms with Crippen LogP contribution in [0.1, 0.15) is 75.5 Å². The van der Waals surface area contributed by atoms with E-state index in [-0.39, 0.29) is 30.3 Å². The van der Waals surface area contributed by atoms with Gasteiger partial charge >= 0.3 is 0 Å². The monoisotopic (exact) mass is 358 g/mol. The molecular weight excluding hydrogens is 336 g/mol. The second kappa shape index (κ2) is 6.35. The van der Waals surface area contributed by atoms with Gasteiger partial charge in [0.2, 0.25) is 0 Å². The number of hydrogen-bond acceptors (Lipinski definition) is 6. The van der Waals surface area contributed by atoms with Gasteiger partial charge in [-0.25, -0.2) is 0 Å². The Hall–Kier alpha value is -2.48. The van der Waals surface area contributed by atoms with Crippen molar-refractivity contribution in [3.8, 4) is 0 Å². The Balaban J connectivity index is 1.44. The molecule has 0 spiro atoms. The first-order chi connectivity index (χ1) is 12.5. The lowest BCUT2D eigenvalue weighted by Gasteiger charge is -2.35. The average molecular weight is 358 g/mol. The maximum atomic E-state index is 12.7. The van der Waals surface area contributed by atoms with Gasteiger partial charge in [0.05, 0.1) is 11.1 Å². The van der Waals surface area contributed by atoms with Gasteiger partial charge in [0, 0.05) is 31.8 Å². The van der Waals surface area contributed by atoms with Crippen LogP contribution in [-0.4, -0.2) is 37.6 Å². The van der Waals surface area contributed by atoms with Gasteiger partial charge in [-0.3, -0.25) is 9.59 Å². The summed E-state index contributed by atoms with van der Waals surface area (Å²) in [5.74, 6) is 2.48. The van der Waals surface area contributed by atoms with Crippen molar-refractivity contribution in [3.05, 3.63) is 34.3 Å². The number of aliphatic hydroxyl groups excluding tert-OH is 1. The van der Waals surface area contributed by atoms with Crippen LogP contribution in [0.25, 0.3) is 0 Å². The molecule has 2 N–H and O–H groups in total. The molecule has 0 saturated heterocycles. The van der Waals surface area contributed by atoms with Gasteiger partial charge in [-0.2, -0.15) is 0 Å². The van der Waals surface area contributed by atoms with E-state index in [1.165, 1.54) is 0 Å². The fourth-order valence-electron chi connectivity index (χ4n) is 3.95. The number of carbonyl (C=O) groups excluding carboxylic acids is 2. The number of nitrogens with zero attached hydrogens (tertiary/aromatic N) is 3. The quantitative estimate of drug-likeness (QED) is 0.855. The summed E-state index contributed by atoms with van der Waals surface area (Å²) >= 11 is 0. The van der Waals surface area contributed by atoms with Crippen molar-refractivity contribution in [3.63, 3.8) is 0 Å². The Morgan fingerprint density at radius 1 is 1.35 bits per heavy atom.